The lowest BCUT2D eigenvalue weighted by atomic mass is 10.0. The highest BCUT2D eigenvalue weighted by atomic mass is 16.1. The molecule has 0 atom stereocenters. The quantitative estimate of drug-likeness (QED) is 0.109. The number of benzene rings is 1. The number of para-hydroxylation sites is 1. The van der Waals surface area contributed by atoms with Crippen LogP contribution in [0.2, 0.25) is 0 Å². The van der Waals surface area contributed by atoms with Gasteiger partial charge in [0.15, 0.2) is 0 Å². The summed E-state index contributed by atoms with van der Waals surface area (Å²) >= 11 is 0. The van der Waals surface area contributed by atoms with Crippen LogP contribution in [0.4, 0.5) is 0 Å². The lowest BCUT2D eigenvalue weighted by Crippen LogP contribution is -2.25. The van der Waals surface area contributed by atoms with Gasteiger partial charge in [-0.05, 0) is 24.5 Å². The van der Waals surface area contributed by atoms with E-state index in [1.165, 1.54) is 158 Å². The highest BCUT2D eigenvalue weighted by Crippen LogP contribution is 2.18. The summed E-state index contributed by atoms with van der Waals surface area (Å²) in [6.07, 6.45) is 35.8. The zero-order valence-corrected chi connectivity index (χ0v) is 25.7. The van der Waals surface area contributed by atoms with E-state index >= 15 is 0 Å². The SMILES string of the molecule is CCCCCCCCCCCCCCCCCCCCCCCCCC(=O)NCCc1c[nH]c2ccccc12. The van der Waals surface area contributed by atoms with Crippen LogP contribution in [0, 0.1) is 0 Å². The van der Waals surface area contributed by atoms with Crippen LogP contribution >= 0.6 is 0 Å². The second-order valence-electron chi connectivity index (χ2n) is 12.0. The molecular formula is C36H62N2O. The Morgan fingerprint density at radius 2 is 1.05 bits per heavy atom. The third-order valence-corrected chi connectivity index (χ3v) is 8.40. The largest absolute Gasteiger partial charge is 0.361 e. The summed E-state index contributed by atoms with van der Waals surface area (Å²) in [7, 11) is 0. The standard InChI is InChI=1S/C36H62N2O/c1-2-3-4-5-6-7-8-9-10-11-12-13-14-15-16-17-18-19-20-21-22-23-24-29-36(39)37-31-30-33-32-38-35-28-26-25-27-34(33)35/h25-28,32,38H,2-24,29-31H2,1H3,(H,37,39). The second kappa shape index (κ2) is 24.1. The van der Waals surface area contributed by atoms with Crippen molar-refractivity contribution in [1.82, 2.24) is 10.3 Å². The molecule has 3 heteroatoms. The van der Waals surface area contributed by atoms with Crippen LogP contribution in [0.15, 0.2) is 30.5 Å². The lowest BCUT2D eigenvalue weighted by Gasteiger charge is -2.06. The maximum absolute atomic E-state index is 12.1. The van der Waals surface area contributed by atoms with Gasteiger partial charge in [-0.1, -0.05) is 166 Å². The second-order valence-corrected chi connectivity index (χ2v) is 12.0. The van der Waals surface area contributed by atoms with Gasteiger partial charge in [-0.25, -0.2) is 0 Å². The molecule has 2 aromatic rings. The molecule has 0 saturated heterocycles. The number of unbranched alkanes of at least 4 members (excludes halogenated alkanes) is 22. The Hall–Kier alpha value is -1.77. The molecule has 0 unspecified atom stereocenters. The van der Waals surface area contributed by atoms with E-state index in [0.29, 0.717) is 6.42 Å². The fourth-order valence-corrected chi connectivity index (χ4v) is 5.83. The summed E-state index contributed by atoms with van der Waals surface area (Å²) in [5.41, 5.74) is 2.45. The topological polar surface area (TPSA) is 44.9 Å². The van der Waals surface area contributed by atoms with Crippen LogP contribution in [-0.4, -0.2) is 17.4 Å². The summed E-state index contributed by atoms with van der Waals surface area (Å²) in [6.45, 7) is 3.02. The molecule has 1 aromatic heterocycles. The third-order valence-electron chi connectivity index (χ3n) is 8.40. The monoisotopic (exact) mass is 538 g/mol. The molecule has 0 bridgehead atoms. The molecule has 0 aliphatic heterocycles. The van der Waals surface area contributed by atoms with Gasteiger partial charge in [0, 0.05) is 30.1 Å². The predicted molar refractivity (Wildman–Crippen MR) is 171 cm³/mol. The number of hydrogen-bond acceptors (Lipinski definition) is 1. The molecule has 1 amide bonds. The molecule has 2 N–H and O–H groups in total. The van der Waals surface area contributed by atoms with E-state index in [-0.39, 0.29) is 5.91 Å². The molecule has 0 aliphatic rings. The Labute approximate surface area is 241 Å². The van der Waals surface area contributed by atoms with Crippen molar-refractivity contribution in [3.05, 3.63) is 36.0 Å². The minimum Gasteiger partial charge on any atom is -0.361 e. The summed E-state index contributed by atoms with van der Waals surface area (Å²) in [5, 5.41) is 4.36. The molecule has 1 heterocycles. The number of carbonyl (C=O) groups is 1. The number of aromatic amines is 1. The number of hydrogen-bond donors (Lipinski definition) is 2. The van der Waals surface area contributed by atoms with Crippen LogP contribution in [0.25, 0.3) is 10.9 Å². The smallest absolute Gasteiger partial charge is 0.220 e. The summed E-state index contributed by atoms with van der Waals surface area (Å²) in [6, 6.07) is 8.36. The molecule has 0 fully saturated rings. The van der Waals surface area contributed by atoms with Crippen LogP contribution < -0.4 is 5.32 Å². The number of nitrogens with one attached hydrogen (secondary N) is 2. The van der Waals surface area contributed by atoms with Gasteiger partial charge in [-0.15, -0.1) is 0 Å². The van der Waals surface area contributed by atoms with Crippen molar-refractivity contribution in [2.75, 3.05) is 6.54 Å². The van der Waals surface area contributed by atoms with Crippen LogP contribution in [-0.2, 0) is 11.2 Å². The van der Waals surface area contributed by atoms with E-state index in [1.807, 2.05) is 6.07 Å². The van der Waals surface area contributed by atoms with E-state index in [9.17, 15) is 4.79 Å². The maximum atomic E-state index is 12.1. The van der Waals surface area contributed by atoms with Gasteiger partial charge in [-0.2, -0.15) is 0 Å². The van der Waals surface area contributed by atoms with Crippen LogP contribution in [0.3, 0.4) is 0 Å². The number of amides is 1. The van der Waals surface area contributed by atoms with Crippen LogP contribution in [0.1, 0.15) is 167 Å². The van der Waals surface area contributed by atoms with E-state index in [0.717, 1.165) is 19.4 Å². The Morgan fingerprint density at radius 1 is 0.615 bits per heavy atom. The first-order valence-electron chi connectivity index (χ1n) is 17.1. The molecule has 0 radical (unpaired) electrons. The molecule has 3 nitrogen and oxygen atoms in total. The van der Waals surface area contributed by atoms with E-state index < -0.39 is 0 Å². The van der Waals surface area contributed by atoms with Gasteiger partial charge >= 0.3 is 0 Å². The Morgan fingerprint density at radius 3 is 1.54 bits per heavy atom. The van der Waals surface area contributed by atoms with Gasteiger partial charge in [0.05, 0.1) is 0 Å². The molecular weight excluding hydrogens is 476 g/mol. The van der Waals surface area contributed by atoms with E-state index in [4.69, 9.17) is 0 Å². The first kappa shape index (κ1) is 33.4. The van der Waals surface area contributed by atoms with E-state index in [1.54, 1.807) is 0 Å². The van der Waals surface area contributed by atoms with Crippen molar-refractivity contribution in [3.63, 3.8) is 0 Å². The Bertz CT molecular complexity index is 826. The highest BCUT2D eigenvalue weighted by molar-refractivity contribution is 5.83. The molecule has 1 aromatic carbocycles. The highest BCUT2D eigenvalue weighted by Gasteiger charge is 2.05. The zero-order chi connectivity index (χ0) is 27.6. The third kappa shape index (κ3) is 17.5. The van der Waals surface area contributed by atoms with Crippen molar-refractivity contribution in [3.8, 4) is 0 Å². The average Bonchev–Trinajstić information content (AvgIpc) is 3.36. The Kier molecular flexibility index (Phi) is 20.6. The predicted octanol–water partition coefficient (Wildman–Crippen LogP) is 11.2. The fraction of sp³-hybridized carbons (Fsp3) is 0.750. The average molecular weight is 539 g/mol. The summed E-state index contributed by atoms with van der Waals surface area (Å²) in [4.78, 5) is 15.4. The van der Waals surface area contributed by atoms with Gasteiger partial charge in [0.2, 0.25) is 5.91 Å². The molecule has 0 spiro atoms. The first-order chi connectivity index (χ1) is 19.3. The number of aromatic nitrogens is 1. The van der Waals surface area contributed by atoms with Crippen molar-refractivity contribution in [2.45, 2.75) is 167 Å². The van der Waals surface area contributed by atoms with Gasteiger partial charge in [-0.3, -0.25) is 4.79 Å². The zero-order valence-electron chi connectivity index (χ0n) is 25.7. The number of rotatable bonds is 27. The van der Waals surface area contributed by atoms with Crippen molar-refractivity contribution >= 4 is 16.8 Å². The molecule has 2 rings (SSSR count). The number of H-pyrrole nitrogens is 1. The van der Waals surface area contributed by atoms with Crippen molar-refractivity contribution in [1.29, 1.82) is 0 Å². The minimum atomic E-state index is 0.207. The lowest BCUT2D eigenvalue weighted by molar-refractivity contribution is -0.121. The summed E-state index contributed by atoms with van der Waals surface area (Å²) in [5.74, 6) is 0.207. The molecule has 222 valence electrons. The van der Waals surface area contributed by atoms with Crippen molar-refractivity contribution in [2.24, 2.45) is 0 Å². The number of carbonyl (C=O) groups excluding carboxylic acids is 1. The number of fused-ring (bicyclic) bond motifs is 1. The summed E-state index contributed by atoms with van der Waals surface area (Å²) < 4.78 is 0. The van der Waals surface area contributed by atoms with Crippen LogP contribution in [0.5, 0.6) is 0 Å². The Balaban J connectivity index is 1.24. The van der Waals surface area contributed by atoms with Gasteiger partial charge in [0.25, 0.3) is 0 Å². The molecule has 39 heavy (non-hydrogen) atoms. The maximum Gasteiger partial charge on any atom is 0.220 e. The molecule has 0 aliphatic carbocycles. The molecule has 0 saturated carbocycles. The fourth-order valence-electron chi connectivity index (χ4n) is 5.83. The van der Waals surface area contributed by atoms with E-state index in [2.05, 4.69) is 41.6 Å². The normalized spacial score (nSPS) is 11.4. The van der Waals surface area contributed by atoms with Gasteiger partial charge < -0.3 is 10.3 Å². The minimum absolute atomic E-state index is 0.207. The first-order valence-corrected chi connectivity index (χ1v) is 17.1. The van der Waals surface area contributed by atoms with Crippen molar-refractivity contribution < 1.29 is 4.79 Å². The van der Waals surface area contributed by atoms with Gasteiger partial charge in [0.1, 0.15) is 0 Å².